The average molecular weight is 838 g/mol. The molecule has 0 spiro atoms. The predicted molar refractivity (Wildman–Crippen MR) is 239 cm³/mol. The Labute approximate surface area is 361 Å². The van der Waals surface area contributed by atoms with E-state index in [9.17, 15) is 29.4 Å². The molecule has 346 valence electrons. The van der Waals surface area contributed by atoms with Crippen molar-refractivity contribution < 1.29 is 43.6 Å². The van der Waals surface area contributed by atoms with Crippen LogP contribution in [0.2, 0.25) is 0 Å². The van der Waals surface area contributed by atoms with Crippen LogP contribution in [0.1, 0.15) is 227 Å². The highest BCUT2D eigenvalue weighted by atomic mass is 16.7. The van der Waals surface area contributed by atoms with E-state index in [4.69, 9.17) is 14.2 Å². The van der Waals surface area contributed by atoms with Gasteiger partial charge in [0.15, 0.2) is 0 Å². The Morgan fingerprint density at radius 3 is 1.63 bits per heavy atom. The second-order valence-electron chi connectivity index (χ2n) is 17.9. The van der Waals surface area contributed by atoms with Crippen LogP contribution in [0.25, 0.3) is 0 Å². The third kappa shape index (κ3) is 30.3. The molecule has 0 aliphatic carbocycles. The van der Waals surface area contributed by atoms with Gasteiger partial charge >= 0.3 is 24.1 Å². The summed E-state index contributed by atoms with van der Waals surface area (Å²) in [4.78, 5) is 52.4. The minimum absolute atomic E-state index is 0.0153. The number of carbonyl (C=O) groups excluding carboxylic acids is 2. The summed E-state index contributed by atoms with van der Waals surface area (Å²) in [6, 6.07) is 0. The van der Waals surface area contributed by atoms with E-state index in [-0.39, 0.29) is 31.0 Å². The van der Waals surface area contributed by atoms with Gasteiger partial charge in [0.2, 0.25) is 0 Å². The molecule has 1 heterocycles. The molecule has 59 heavy (non-hydrogen) atoms. The minimum Gasteiger partial charge on any atom is -0.481 e. The van der Waals surface area contributed by atoms with Gasteiger partial charge < -0.3 is 29.3 Å². The first kappa shape index (κ1) is 54.7. The fraction of sp³-hybridized carbons (Fsp3) is 0.918. The Bertz CT molecular complexity index is 1020. The van der Waals surface area contributed by atoms with Gasteiger partial charge in [-0.3, -0.25) is 14.4 Å². The molecule has 0 radical (unpaired) electrons. The maximum atomic E-state index is 12.8. The summed E-state index contributed by atoms with van der Waals surface area (Å²) in [5.74, 6) is -2.47. The molecule has 0 aromatic rings. The fourth-order valence-electron chi connectivity index (χ4n) is 8.78. The maximum Gasteiger partial charge on any atom is 0.508 e. The summed E-state index contributed by atoms with van der Waals surface area (Å²) < 4.78 is 17.1. The third-order valence-corrected chi connectivity index (χ3v) is 12.6. The molecule has 4 unspecified atom stereocenters. The molecule has 0 aromatic heterocycles. The van der Waals surface area contributed by atoms with Crippen molar-refractivity contribution in [2.24, 2.45) is 23.7 Å². The van der Waals surface area contributed by atoms with Crippen molar-refractivity contribution in [3.63, 3.8) is 0 Å². The minimum atomic E-state index is -0.791. The number of hydrogen-bond acceptors (Lipinski definition) is 8. The Hall–Kier alpha value is -2.36. The summed E-state index contributed by atoms with van der Waals surface area (Å²) in [6.45, 7) is 12.4. The number of ether oxygens (including phenoxy) is 3. The number of likely N-dealkylation sites (tertiary alicyclic amines) is 1. The number of rotatable bonds is 40. The van der Waals surface area contributed by atoms with Crippen LogP contribution in [-0.4, -0.2) is 78.1 Å². The lowest BCUT2D eigenvalue weighted by molar-refractivity contribution is -0.144. The Kier molecular flexibility index (Phi) is 34.7. The number of unbranched alkanes of at least 4 members (excludes halogenated alkanes) is 16. The van der Waals surface area contributed by atoms with Crippen molar-refractivity contribution in [3.8, 4) is 0 Å². The van der Waals surface area contributed by atoms with E-state index in [1.807, 2.05) is 0 Å². The molecule has 1 rings (SSSR count). The van der Waals surface area contributed by atoms with E-state index in [0.717, 1.165) is 110 Å². The summed E-state index contributed by atoms with van der Waals surface area (Å²) in [5, 5.41) is 20.1. The number of esters is 1. The molecule has 0 aromatic carbocycles. The lowest BCUT2D eigenvalue weighted by atomic mass is 9.80. The van der Waals surface area contributed by atoms with E-state index in [1.165, 1.54) is 51.4 Å². The molecule has 1 fully saturated rings. The second-order valence-corrected chi connectivity index (χ2v) is 17.9. The smallest absolute Gasteiger partial charge is 0.481 e. The monoisotopic (exact) mass is 838 g/mol. The Morgan fingerprint density at radius 2 is 1.08 bits per heavy atom. The molecule has 0 bridgehead atoms. The van der Waals surface area contributed by atoms with Crippen LogP contribution in [-0.2, 0) is 28.6 Å². The zero-order valence-electron chi connectivity index (χ0n) is 38.5. The quantitative estimate of drug-likeness (QED) is 0.0453. The van der Waals surface area contributed by atoms with Gasteiger partial charge in [0.1, 0.15) is 6.10 Å². The van der Waals surface area contributed by atoms with E-state index in [0.29, 0.717) is 63.9 Å². The SMILES string of the molecule is CCCCCCCCCCCCC(CCCOC(=O)CCCCC(CC(CCCCCC)C(=O)O)CC(CCCCCC)C(=O)O)OC(=O)OCC1CCCN(CC)C1. The van der Waals surface area contributed by atoms with Crippen LogP contribution < -0.4 is 0 Å². The summed E-state index contributed by atoms with van der Waals surface area (Å²) in [7, 11) is 0. The van der Waals surface area contributed by atoms with Gasteiger partial charge in [-0.05, 0) is 89.6 Å². The third-order valence-electron chi connectivity index (χ3n) is 12.6. The standard InChI is InChI=1S/C49H91NO9/c1-5-9-12-15-16-17-18-19-20-23-32-45(59-49(56)58-40-42-29-26-35-50(8-4)39-42)33-27-36-57-46(51)34-25-24-28-41(37-43(47(52)53)30-21-13-10-6-2)38-44(48(54)55)31-22-14-11-7-3/h41-45H,5-40H2,1-4H3,(H,52,53)(H,54,55). The van der Waals surface area contributed by atoms with Crippen LogP contribution in [0.3, 0.4) is 0 Å². The topological polar surface area (TPSA) is 140 Å². The van der Waals surface area contributed by atoms with Gasteiger partial charge in [-0.1, -0.05) is 150 Å². The van der Waals surface area contributed by atoms with Crippen molar-refractivity contribution in [1.29, 1.82) is 0 Å². The molecular formula is C49H91NO9. The molecule has 2 N–H and O–H groups in total. The molecule has 0 amide bonds. The van der Waals surface area contributed by atoms with Gasteiger partial charge in [0, 0.05) is 18.9 Å². The Balaban J connectivity index is 2.62. The first-order valence-electron chi connectivity index (χ1n) is 24.8. The lowest BCUT2D eigenvalue weighted by Crippen LogP contribution is -2.37. The average Bonchev–Trinajstić information content (AvgIpc) is 3.22. The van der Waals surface area contributed by atoms with Crippen LogP contribution >= 0.6 is 0 Å². The molecule has 4 atom stereocenters. The largest absolute Gasteiger partial charge is 0.508 e. The highest BCUT2D eigenvalue weighted by Crippen LogP contribution is 2.31. The van der Waals surface area contributed by atoms with Gasteiger partial charge in [-0.2, -0.15) is 0 Å². The van der Waals surface area contributed by atoms with E-state index in [1.54, 1.807) is 0 Å². The summed E-state index contributed by atoms with van der Waals surface area (Å²) in [5.41, 5.74) is 0. The van der Waals surface area contributed by atoms with Gasteiger partial charge in [-0.25, -0.2) is 4.79 Å². The molecule has 1 saturated heterocycles. The number of carboxylic acids is 2. The first-order valence-corrected chi connectivity index (χ1v) is 24.8. The van der Waals surface area contributed by atoms with Gasteiger partial charge in [-0.15, -0.1) is 0 Å². The van der Waals surface area contributed by atoms with Crippen LogP contribution in [0.5, 0.6) is 0 Å². The molecule has 1 aliphatic heterocycles. The molecule has 10 nitrogen and oxygen atoms in total. The molecule has 10 heteroatoms. The Morgan fingerprint density at radius 1 is 0.593 bits per heavy atom. The van der Waals surface area contributed by atoms with Crippen LogP contribution in [0.15, 0.2) is 0 Å². The fourth-order valence-corrected chi connectivity index (χ4v) is 8.78. The zero-order chi connectivity index (χ0) is 43.4. The molecule has 1 aliphatic rings. The van der Waals surface area contributed by atoms with Crippen molar-refractivity contribution in [1.82, 2.24) is 4.90 Å². The predicted octanol–water partition coefficient (Wildman–Crippen LogP) is 13.2. The highest BCUT2D eigenvalue weighted by molar-refractivity contribution is 5.71. The normalized spacial score (nSPS) is 16.6. The van der Waals surface area contributed by atoms with Crippen molar-refractivity contribution >= 4 is 24.1 Å². The van der Waals surface area contributed by atoms with E-state index in [2.05, 4.69) is 32.6 Å². The number of carbonyl (C=O) groups is 4. The van der Waals surface area contributed by atoms with Gasteiger partial charge in [0.05, 0.1) is 25.0 Å². The van der Waals surface area contributed by atoms with E-state index >= 15 is 0 Å². The van der Waals surface area contributed by atoms with Crippen LogP contribution in [0, 0.1) is 23.7 Å². The van der Waals surface area contributed by atoms with Crippen molar-refractivity contribution in [3.05, 3.63) is 0 Å². The highest BCUT2D eigenvalue weighted by Gasteiger charge is 2.28. The van der Waals surface area contributed by atoms with Crippen molar-refractivity contribution in [2.75, 3.05) is 32.8 Å². The summed E-state index contributed by atoms with van der Waals surface area (Å²) >= 11 is 0. The van der Waals surface area contributed by atoms with Crippen molar-refractivity contribution in [2.45, 2.75) is 233 Å². The zero-order valence-corrected chi connectivity index (χ0v) is 38.5. The van der Waals surface area contributed by atoms with E-state index < -0.39 is 29.9 Å². The lowest BCUT2D eigenvalue weighted by Gasteiger charge is -2.31. The maximum absolute atomic E-state index is 12.8. The first-order chi connectivity index (χ1) is 28.6. The van der Waals surface area contributed by atoms with Crippen LogP contribution in [0.4, 0.5) is 4.79 Å². The molecular weight excluding hydrogens is 747 g/mol. The summed E-state index contributed by atoms with van der Waals surface area (Å²) in [6.07, 6.45) is 28.4. The number of nitrogens with zero attached hydrogens (tertiary/aromatic N) is 1. The number of aliphatic carboxylic acids is 2. The number of piperidine rings is 1. The number of carboxylic acid groups (broad SMARTS) is 2. The van der Waals surface area contributed by atoms with Gasteiger partial charge in [0.25, 0.3) is 0 Å². The second kappa shape index (κ2) is 37.4. The molecule has 0 saturated carbocycles. The number of hydrogen-bond donors (Lipinski definition) is 2.